The Kier molecular flexibility index (Phi) is 6.28. The number of hydrogen-bond acceptors (Lipinski definition) is 3. The van der Waals surface area contributed by atoms with Crippen molar-refractivity contribution in [2.24, 2.45) is 5.92 Å². The molecule has 6 nitrogen and oxygen atoms in total. The van der Waals surface area contributed by atoms with E-state index in [0.717, 1.165) is 18.4 Å². The third-order valence-electron chi connectivity index (χ3n) is 4.14. The second-order valence-electron chi connectivity index (χ2n) is 7.58. The van der Waals surface area contributed by atoms with E-state index in [1.807, 2.05) is 51.1 Å². The summed E-state index contributed by atoms with van der Waals surface area (Å²) < 4.78 is 5.43. The zero-order chi connectivity index (χ0) is 18.4. The van der Waals surface area contributed by atoms with Gasteiger partial charge in [-0.05, 0) is 45.1 Å². The summed E-state index contributed by atoms with van der Waals surface area (Å²) in [5, 5.41) is 9.51. The highest BCUT2D eigenvalue weighted by Crippen LogP contribution is 2.21. The molecule has 2 rings (SSSR count). The molecule has 0 aromatic heterocycles. The van der Waals surface area contributed by atoms with Gasteiger partial charge in [0.25, 0.3) is 0 Å². The number of carboxylic acid groups (broad SMARTS) is 1. The van der Waals surface area contributed by atoms with Crippen LogP contribution in [0, 0.1) is 5.92 Å². The van der Waals surface area contributed by atoms with E-state index >= 15 is 0 Å². The molecule has 0 unspecified atom stereocenters. The molecule has 1 aliphatic heterocycles. The predicted octanol–water partition coefficient (Wildman–Crippen LogP) is 3.81. The molecule has 1 saturated heterocycles. The summed E-state index contributed by atoms with van der Waals surface area (Å²) >= 11 is 0. The summed E-state index contributed by atoms with van der Waals surface area (Å²) in [4.78, 5) is 27.0. The lowest BCUT2D eigenvalue weighted by molar-refractivity contribution is 0.0147. The molecular formula is C19H28N2O4. The lowest BCUT2D eigenvalue weighted by atomic mass is 9.97. The first-order valence-corrected chi connectivity index (χ1v) is 8.74. The Balaban J connectivity index is 1.95. The number of carbonyl (C=O) groups excluding carboxylic acids is 1. The lowest BCUT2D eigenvalue weighted by Gasteiger charge is -2.35. The number of benzene rings is 1. The van der Waals surface area contributed by atoms with Crippen LogP contribution in [0.25, 0.3) is 0 Å². The Hall–Kier alpha value is -2.24. The van der Waals surface area contributed by atoms with E-state index in [4.69, 9.17) is 4.74 Å². The van der Waals surface area contributed by atoms with Gasteiger partial charge in [-0.15, -0.1) is 0 Å². The first kappa shape index (κ1) is 19.1. The first-order chi connectivity index (χ1) is 11.7. The molecule has 1 atom stereocenters. The third-order valence-corrected chi connectivity index (χ3v) is 4.14. The molecule has 138 valence electrons. The largest absolute Gasteiger partial charge is 0.465 e. The van der Waals surface area contributed by atoms with E-state index in [2.05, 4.69) is 0 Å². The lowest BCUT2D eigenvalue weighted by Crippen LogP contribution is -2.46. The minimum atomic E-state index is -0.932. The minimum absolute atomic E-state index is 0.126. The van der Waals surface area contributed by atoms with Crippen molar-refractivity contribution in [2.75, 3.05) is 19.6 Å². The normalized spacial score (nSPS) is 17.9. The summed E-state index contributed by atoms with van der Waals surface area (Å²) in [6.45, 7) is 7.52. The molecule has 0 aliphatic carbocycles. The predicted molar refractivity (Wildman–Crippen MR) is 95.4 cm³/mol. The number of hydrogen-bond donors (Lipinski definition) is 1. The van der Waals surface area contributed by atoms with Crippen LogP contribution in [-0.2, 0) is 11.3 Å². The standard InChI is InChI=1S/C19H28N2O4/c1-19(2,3)25-18(24)20-11-7-10-16(13-20)14-21(17(22)23)12-15-8-5-4-6-9-15/h4-6,8-9,16H,7,10-14H2,1-3H3,(H,22,23)/t16-/m0/s1. The van der Waals surface area contributed by atoms with Crippen LogP contribution in [0.15, 0.2) is 30.3 Å². The smallest absolute Gasteiger partial charge is 0.410 e. The van der Waals surface area contributed by atoms with E-state index in [1.54, 1.807) is 4.90 Å². The van der Waals surface area contributed by atoms with Gasteiger partial charge >= 0.3 is 12.2 Å². The number of likely N-dealkylation sites (tertiary alicyclic amines) is 1. The van der Waals surface area contributed by atoms with Gasteiger partial charge in [0.1, 0.15) is 5.60 Å². The molecule has 6 heteroatoms. The minimum Gasteiger partial charge on any atom is -0.465 e. The van der Waals surface area contributed by atoms with E-state index < -0.39 is 11.7 Å². The van der Waals surface area contributed by atoms with Gasteiger partial charge in [0.15, 0.2) is 0 Å². The van der Waals surface area contributed by atoms with Gasteiger partial charge < -0.3 is 19.6 Å². The highest BCUT2D eigenvalue weighted by atomic mass is 16.6. The average molecular weight is 348 g/mol. The summed E-state index contributed by atoms with van der Waals surface area (Å²) in [6.07, 6.45) is 0.529. The quantitative estimate of drug-likeness (QED) is 0.898. The second kappa shape index (κ2) is 8.23. The molecule has 2 amide bonds. The maximum Gasteiger partial charge on any atom is 0.410 e. The monoisotopic (exact) mass is 348 g/mol. The molecule has 1 fully saturated rings. The summed E-state index contributed by atoms with van der Waals surface area (Å²) in [5.41, 5.74) is 0.439. The number of rotatable bonds is 4. The zero-order valence-corrected chi connectivity index (χ0v) is 15.3. The van der Waals surface area contributed by atoms with Gasteiger partial charge in [0, 0.05) is 26.2 Å². The van der Waals surface area contributed by atoms with Gasteiger partial charge in [-0.2, -0.15) is 0 Å². The van der Waals surface area contributed by atoms with E-state index in [-0.39, 0.29) is 12.0 Å². The van der Waals surface area contributed by atoms with Gasteiger partial charge in [-0.1, -0.05) is 30.3 Å². The fourth-order valence-corrected chi connectivity index (χ4v) is 3.03. The molecule has 0 spiro atoms. The Morgan fingerprint density at radius 1 is 1.28 bits per heavy atom. The molecule has 1 aromatic rings. The number of piperidine rings is 1. The van der Waals surface area contributed by atoms with Crippen molar-refractivity contribution >= 4 is 12.2 Å². The van der Waals surface area contributed by atoms with Gasteiger partial charge in [0.05, 0.1) is 0 Å². The maximum absolute atomic E-state index is 12.2. The molecule has 25 heavy (non-hydrogen) atoms. The number of amides is 2. The molecule has 0 saturated carbocycles. The van der Waals surface area contributed by atoms with E-state index in [0.29, 0.717) is 26.2 Å². The van der Waals surface area contributed by atoms with Crippen LogP contribution in [0.4, 0.5) is 9.59 Å². The van der Waals surface area contributed by atoms with Crippen LogP contribution in [0.1, 0.15) is 39.2 Å². The highest BCUT2D eigenvalue weighted by Gasteiger charge is 2.29. The van der Waals surface area contributed by atoms with Crippen molar-refractivity contribution in [1.29, 1.82) is 0 Å². The van der Waals surface area contributed by atoms with Gasteiger partial charge in [-0.3, -0.25) is 0 Å². The Bertz CT molecular complexity index is 583. The SMILES string of the molecule is CC(C)(C)OC(=O)N1CCC[C@H](CN(Cc2ccccc2)C(=O)O)C1. The van der Waals surface area contributed by atoms with E-state index in [1.165, 1.54) is 4.90 Å². The van der Waals surface area contributed by atoms with Crippen molar-refractivity contribution in [1.82, 2.24) is 9.80 Å². The third kappa shape index (κ3) is 6.29. The van der Waals surface area contributed by atoms with Gasteiger partial charge in [-0.25, -0.2) is 9.59 Å². The van der Waals surface area contributed by atoms with Crippen LogP contribution in [-0.4, -0.2) is 52.3 Å². The number of nitrogens with zero attached hydrogens (tertiary/aromatic N) is 2. The molecule has 1 heterocycles. The fraction of sp³-hybridized carbons (Fsp3) is 0.579. The van der Waals surface area contributed by atoms with Crippen molar-refractivity contribution in [3.05, 3.63) is 35.9 Å². The van der Waals surface area contributed by atoms with E-state index in [9.17, 15) is 14.7 Å². The van der Waals surface area contributed by atoms with Crippen molar-refractivity contribution < 1.29 is 19.4 Å². The average Bonchev–Trinajstić information content (AvgIpc) is 2.54. The Labute approximate surface area is 149 Å². The van der Waals surface area contributed by atoms with Crippen LogP contribution < -0.4 is 0 Å². The van der Waals surface area contributed by atoms with Crippen molar-refractivity contribution in [3.63, 3.8) is 0 Å². The van der Waals surface area contributed by atoms with Gasteiger partial charge in [0.2, 0.25) is 0 Å². The molecular weight excluding hydrogens is 320 g/mol. The maximum atomic E-state index is 12.2. The number of carbonyl (C=O) groups is 2. The van der Waals surface area contributed by atoms with Crippen LogP contribution in [0.2, 0.25) is 0 Å². The molecule has 1 N–H and O–H groups in total. The second-order valence-corrected chi connectivity index (χ2v) is 7.58. The van der Waals surface area contributed by atoms with Crippen molar-refractivity contribution in [2.45, 2.75) is 45.8 Å². The molecule has 0 radical (unpaired) electrons. The molecule has 0 bridgehead atoms. The number of ether oxygens (including phenoxy) is 1. The van der Waals surface area contributed by atoms with Crippen LogP contribution in [0.3, 0.4) is 0 Å². The first-order valence-electron chi connectivity index (χ1n) is 8.74. The fourth-order valence-electron chi connectivity index (χ4n) is 3.03. The summed E-state index contributed by atoms with van der Waals surface area (Å²) in [5.74, 6) is 0.126. The topological polar surface area (TPSA) is 70.1 Å². The highest BCUT2D eigenvalue weighted by molar-refractivity contribution is 5.68. The summed E-state index contributed by atoms with van der Waals surface area (Å²) in [6, 6.07) is 9.56. The van der Waals surface area contributed by atoms with Crippen LogP contribution in [0.5, 0.6) is 0 Å². The molecule has 1 aliphatic rings. The Morgan fingerprint density at radius 2 is 1.96 bits per heavy atom. The van der Waals surface area contributed by atoms with Crippen molar-refractivity contribution in [3.8, 4) is 0 Å². The molecule has 1 aromatic carbocycles. The summed E-state index contributed by atoms with van der Waals surface area (Å²) in [7, 11) is 0. The van der Waals surface area contributed by atoms with Crippen LogP contribution >= 0.6 is 0 Å². The zero-order valence-electron chi connectivity index (χ0n) is 15.3. The Morgan fingerprint density at radius 3 is 2.56 bits per heavy atom.